The molecule has 3 unspecified atom stereocenters. The number of aliphatic hydroxyl groups excluding tert-OH is 1. The second-order valence-electron chi connectivity index (χ2n) is 5.09. The van der Waals surface area contributed by atoms with Gasteiger partial charge >= 0.3 is 5.97 Å². The van der Waals surface area contributed by atoms with Crippen molar-refractivity contribution in [3.8, 4) is 0 Å². The maximum absolute atomic E-state index is 10.7. The Balaban J connectivity index is 2.40. The van der Waals surface area contributed by atoms with Crippen LogP contribution in [0.3, 0.4) is 0 Å². The first-order chi connectivity index (χ1) is 7.49. The van der Waals surface area contributed by atoms with Gasteiger partial charge in [0.2, 0.25) is 0 Å². The van der Waals surface area contributed by atoms with E-state index in [9.17, 15) is 9.90 Å². The third-order valence-corrected chi connectivity index (χ3v) is 3.37. The molecule has 1 heterocycles. The molecule has 16 heavy (non-hydrogen) atoms. The number of carbonyl (C=O) groups is 1. The molecule has 1 fully saturated rings. The molecule has 0 aliphatic carbocycles. The van der Waals surface area contributed by atoms with Gasteiger partial charge < -0.3 is 15.1 Å². The number of carboxylic acid groups (broad SMARTS) is 1. The van der Waals surface area contributed by atoms with E-state index in [1.165, 1.54) is 0 Å². The van der Waals surface area contributed by atoms with Crippen LogP contribution in [0.1, 0.15) is 33.1 Å². The predicted molar refractivity (Wildman–Crippen MR) is 62.3 cm³/mol. The lowest BCUT2D eigenvalue weighted by molar-refractivity contribution is -0.138. The van der Waals surface area contributed by atoms with Crippen molar-refractivity contribution in [1.29, 1.82) is 0 Å². The summed E-state index contributed by atoms with van der Waals surface area (Å²) in [7, 11) is 0. The van der Waals surface area contributed by atoms with Crippen molar-refractivity contribution >= 4 is 5.97 Å². The Hall–Kier alpha value is -0.610. The molecule has 0 radical (unpaired) electrons. The molecule has 3 atom stereocenters. The summed E-state index contributed by atoms with van der Waals surface area (Å²) >= 11 is 0. The van der Waals surface area contributed by atoms with Crippen LogP contribution in [0.25, 0.3) is 0 Å². The van der Waals surface area contributed by atoms with E-state index in [2.05, 4.69) is 4.90 Å². The Labute approximate surface area is 97.3 Å². The van der Waals surface area contributed by atoms with E-state index in [1.807, 2.05) is 6.92 Å². The van der Waals surface area contributed by atoms with E-state index in [1.54, 1.807) is 6.92 Å². The van der Waals surface area contributed by atoms with Gasteiger partial charge in [-0.25, -0.2) is 0 Å². The van der Waals surface area contributed by atoms with E-state index in [4.69, 9.17) is 5.11 Å². The quantitative estimate of drug-likeness (QED) is 0.743. The maximum atomic E-state index is 10.7. The second-order valence-corrected chi connectivity index (χ2v) is 5.09. The fourth-order valence-corrected chi connectivity index (χ4v) is 2.54. The SMILES string of the molecule is CC(O)CN1CCCC(C(C)CC(=O)O)C1. The first-order valence-electron chi connectivity index (χ1n) is 6.11. The molecule has 0 saturated carbocycles. The smallest absolute Gasteiger partial charge is 0.303 e. The molecule has 0 aromatic rings. The maximum Gasteiger partial charge on any atom is 0.303 e. The Kier molecular flexibility index (Phi) is 5.22. The van der Waals surface area contributed by atoms with Crippen molar-refractivity contribution in [3.63, 3.8) is 0 Å². The van der Waals surface area contributed by atoms with Crippen LogP contribution < -0.4 is 0 Å². The van der Waals surface area contributed by atoms with Gasteiger partial charge in [0.05, 0.1) is 6.10 Å². The Morgan fingerprint density at radius 3 is 2.75 bits per heavy atom. The third kappa shape index (κ3) is 4.49. The van der Waals surface area contributed by atoms with Gasteiger partial charge in [-0.2, -0.15) is 0 Å². The highest BCUT2D eigenvalue weighted by Crippen LogP contribution is 2.26. The summed E-state index contributed by atoms with van der Waals surface area (Å²) in [5, 5.41) is 18.1. The molecule has 4 nitrogen and oxygen atoms in total. The van der Waals surface area contributed by atoms with Crippen molar-refractivity contribution in [2.24, 2.45) is 11.8 Å². The number of likely N-dealkylation sites (tertiary alicyclic amines) is 1. The minimum absolute atomic E-state index is 0.231. The molecular weight excluding hydrogens is 206 g/mol. The highest BCUT2D eigenvalue weighted by atomic mass is 16.4. The highest BCUT2D eigenvalue weighted by molar-refractivity contribution is 5.66. The second kappa shape index (κ2) is 6.21. The fourth-order valence-electron chi connectivity index (χ4n) is 2.54. The van der Waals surface area contributed by atoms with Crippen LogP contribution in [0.15, 0.2) is 0 Å². The molecule has 0 aromatic carbocycles. The molecule has 0 amide bonds. The monoisotopic (exact) mass is 229 g/mol. The van der Waals surface area contributed by atoms with Gasteiger partial charge in [-0.15, -0.1) is 0 Å². The van der Waals surface area contributed by atoms with Crippen LogP contribution in [0.2, 0.25) is 0 Å². The van der Waals surface area contributed by atoms with E-state index < -0.39 is 5.97 Å². The van der Waals surface area contributed by atoms with Crippen molar-refractivity contribution in [1.82, 2.24) is 4.90 Å². The van der Waals surface area contributed by atoms with Gasteiger partial charge in [0.15, 0.2) is 0 Å². The number of β-amino-alcohol motifs (C(OH)–C–C–N with tert-alkyl or cyclic N) is 1. The summed E-state index contributed by atoms with van der Waals surface area (Å²) in [5.74, 6) is -0.0157. The van der Waals surface area contributed by atoms with Gasteiger partial charge in [0.1, 0.15) is 0 Å². The van der Waals surface area contributed by atoms with Crippen molar-refractivity contribution in [2.45, 2.75) is 39.2 Å². The van der Waals surface area contributed by atoms with Crippen LogP contribution in [0.5, 0.6) is 0 Å². The Morgan fingerprint density at radius 2 is 2.19 bits per heavy atom. The third-order valence-electron chi connectivity index (χ3n) is 3.37. The standard InChI is InChI=1S/C12H23NO3/c1-9(6-12(15)16)11-4-3-5-13(8-11)7-10(2)14/h9-11,14H,3-8H2,1-2H3,(H,15,16). The van der Waals surface area contributed by atoms with Crippen molar-refractivity contribution in [3.05, 3.63) is 0 Å². The number of nitrogens with zero attached hydrogens (tertiary/aromatic N) is 1. The van der Waals surface area contributed by atoms with Gasteiger partial charge in [0, 0.05) is 19.5 Å². The number of rotatable bonds is 5. The molecule has 1 saturated heterocycles. The number of aliphatic hydroxyl groups is 1. The van der Waals surface area contributed by atoms with Crippen LogP contribution in [-0.4, -0.2) is 46.8 Å². The van der Waals surface area contributed by atoms with Gasteiger partial charge in [0.25, 0.3) is 0 Å². The van der Waals surface area contributed by atoms with Crippen LogP contribution >= 0.6 is 0 Å². The van der Waals surface area contributed by atoms with E-state index in [0.29, 0.717) is 12.5 Å². The van der Waals surface area contributed by atoms with Gasteiger partial charge in [-0.05, 0) is 38.1 Å². The van der Waals surface area contributed by atoms with E-state index in [-0.39, 0.29) is 18.4 Å². The van der Waals surface area contributed by atoms with Crippen molar-refractivity contribution < 1.29 is 15.0 Å². The minimum atomic E-state index is -0.708. The summed E-state index contributed by atoms with van der Waals surface area (Å²) in [4.78, 5) is 12.9. The lowest BCUT2D eigenvalue weighted by Gasteiger charge is -2.36. The lowest BCUT2D eigenvalue weighted by atomic mass is 9.84. The van der Waals surface area contributed by atoms with E-state index >= 15 is 0 Å². The molecule has 1 aliphatic heterocycles. The number of hydrogen-bond acceptors (Lipinski definition) is 3. The molecule has 0 bridgehead atoms. The normalized spacial score (nSPS) is 26.3. The summed E-state index contributed by atoms with van der Waals surface area (Å²) in [6, 6.07) is 0. The van der Waals surface area contributed by atoms with Gasteiger partial charge in [-0.3, -0.25) is 4.79 Å². The number of aliphatic carboxylic acids is 1. The summed E-state index contributed by atoms with van der Waals surface area (Å²) < 4.78 is 0. The summed E-state index contributed by atoms with van der Waals surface area (Å²) in [5.41, 5.74) is 0. The molecule has 2 N–H and O–H groups in total. The molecule has 0 aromatic heterocycles. The molecule has 1 rings (SSSR count). The minimum Gasteiger partial charge on any atom is -0.481 e. The largest absolute Gasteiger partial charge is 0.481 e. The zero-order valence-corrected chi connectivity index (χ0v) is 10.2. The Morgan fingerprint density at radius 1 is 1.50 bits per heavy atom. The van der Waals surface area contributed by atoms with Crippen LogP contribution in [-0.2, 0) is 4.79 Å². The first kappa shape index (κ1) is 13.5. The predicted octanol–water partition coefficient (Wildman–Crippen LogP) is 1.19. The topological polar surface area (TPSA) is 60.8 Å². The lowest BCUT2D eigenvalue weighted by Crippen LogP contribution is -2.41. The number of carboxylic acids is 1. The fraction of sp³-hybridized carbons (Fsp3) is 0.917. The average Bonchev–Trinajstić information content (AvgIpc) is 2.16. The van der Waals surface area contributed by atoms with Gasteiger partial charge in [-0.1, -0.05) is 6.92 Å². The van der Waals surface area contributed by atoms with Crippen LogP contribution in [0.4, 0.5) is 0 Å². The highest BCUT2D eigenvalue weighted by Gasteiger charge is 2.26. The number of piperidine rings is 1. The Bertz CT molecular complexity index is 230. The number of hydrogen-bond donors (Lipinski definition) is 2. The summed E-state index contributed by atoms with van der Waals surface area (Å²) in [6.07, 6.45) is 2.19. The molecule has 1 aliphatic rings. The first-order valence-corrected chi connectivity index (χ1v) is 6.11. The van der Waals surface area contributed by atoms with E-state index in [0.717, 1.165) is 25.9 Å². The molecule has 4 heteroatoms. The molecule has 0 spiro atoms. The molecular formula is C12H23NO3. The molecule has 94 valence electrons. The zero-order valence-electron chi connectivity index (χ0n) is 10.2. The van der Waals surface area contributed by atoms with Crippen LogP contribution in [0, 0.1) is 11.8 Å². The van der Waals surface area contributed by atoms with Crippen molar-refractivity contribution in [2.75, 3.05) is 19.6 Å². The average molecular weight is 229 g/mol. The zero-order chi connectivity index (χ0) is 12.1. The summed E-state index contributed by atoms with van der Waals surface area (Å²) in [6.45, 7) is 6.48.